The third-order valence-corrected chi connectivity index (χ3v) is 2.10. The molecule has 0 saturated heterocycles. The largest absolute Gasteiger partial charge is 0.465 e. The minimum Gasteiger partial charge on any atom is -0.465 e. The first kappa shape index (κ1) is 12.2. The summed E-state index contributed by atoms with van der Waals surface area (Å²) in [6.45, 7) is 0. The third-order valence-electron chi connectivity index (χ3n) is 2.10. The van der Waals surface area contributed by atoms with Gasteiger partial charge in [0.25, 0.3) is 5.69 Å². The van der Waals surface area contributed by atoms with Crippen LogP contribution in [0.25, 0.3) is 0 Å². The van der Waals surface area contributed by atoms with Crippen molar-refractivity contribution in [1.82, 2.24) is 0 Å². The molecule has 6 heteroatoms. The first-order valence-electron chi connectivity index (χ1n) is 4.66. The number of nitro benzene ring substituents is 1. The molecule has 5 nitrogen and oxygen atoms in total. The minimum absolute atomic E-state index is 0.0479. The zero-order valence-corrected chi connectivity index (χ0v) is 8.80. The van der Waals surface area contributed by atoms with Crippen LogP contribution in [-0.4, -0.2) is 25.8 Å². The summed E-state index contributed by atoms with van der Waals surface area (Å²) in [7, 11) is 6.53. The number of rotatable bonds is 4. The van der Waals surface area contributed by atoms with Crippen LogP contribution in [0.15, 0.2) is 18.2 Å². The average Bonchev–Trinajstić information content (AvgIpc) is 2.28. The molecule has 0 heterocycles. The number of nitro groups is 1. The van der Waals surface area contributed by atoms with Gasteiger partial charge in [0.2, 0.25) is 0 Å². The Kier molecular flexibility index (Phi) is 4.05. The molecule has 1 rings (SSSR count). The molecule has 1 aromatic carbocycles. The maximum absolute atomic E-state index is 11.3. The number of aryl methyl sites for hydroxylation is 1. The summed E-state index contributed by atoms with van der Waals surface area (Å²) in [5, 5.41) is 10.8. The van der Waals surface area contributed by atoms with E-state index in [1.54, 1.807) is 6.07 Å². The van der Waals surface area contributed by atoms with E-state index in [1.165, 1.54) is 19.2 Å². The van der Waals surface area contributed by atoms with Gasteiger partial charge in [-0.1, -0.05) is 12.4 Å². The van der Waals surface area contributed by atoms with Crippen LogP contribution in [0.3, 0.4) is 0 Å². The highest BCUT2D eigenvalue weighted by Crippen LogP contribution is 2.21. The number of methoxy groups -OCH3 is 1. The second kappa shape index (κ2) is 5.30. The van der Waals surface area contributed by atoms with Crippen molar-refractivity contribution in [3.63, 3.8) is 0 Å². The van der Waals surface area contributed by atoms with Gasteiger partial charge in [0.15, 0.2) is 0 Å². The summed E-state index contributed by atoms with van der Waals surface area (Å²) in [5.41, 5.74) is 0.424. The van der Waals surface area contributed by atoms with Crippen molar-refractivity contribution in [3.05, 3.63) is 39.4 Å². The van der Waals surface area contributed by atoms with Gasteiger partial charge in [0.05, 0.1) is 19.9 Å². The van der Waals surface area contributed by atoms with Gasteiger partial charge in [-0.3, -0.25) is 10.1 Å². The number of esters is 1. The second-order valence-corrected chi connectivity index (χ2v) is 3.14. The standard InChI is InChI=1S/C10H10BNO4/c1-16-10(13)8-3-2-7(4-5-11)6-9(8)12(14)15/h2-3,6H,4-5H2,1H3. The van der Waals surface area contributed by atoms with Gasteiger partial charge in [-0.15, -0.1) is 0 Å². The van der Waals surface area contributed by atoms with Crippen molar-refractivity contribution in [3.8, 4) is 0 Å². The molecule has 16 heavy (non-hydrogen) atoms. The maximum Gasteiger partial charge on any atom is 0.344 e. The number of benzene rings is 1. The summed E-state index contributed by atoms with van der Waals surface area (Å²) >= 11 is 0. The topological polar surface area (TPSA) is 69.4 Å². The van der Waals surface area contributed by atoms with Gasteiger partial charge in [-0.05, 0) is 18.1 Å². The van der Waals surface area contributed by atoms with E-state index in [9.17, 15) is 14.9 Å². The fourth-order valence-corrected chi connectivity index (χ4v) is 1.33. The summed E-state index contributed by atoms with van der Waals surface area (Å²) in [4.78, 5) is 21.4. The molecule has 0 fully saturated rings. The van der Waals surface area contributed by atoms with Crippen LogP contribution < -0.4 is 0 Å². The summed E-state index contributed by atoms with van der Waals surface area (Å²) in [6, 6.07) is 4.36. The Morgan fingerprint density at radius 3 is 2.75 bits per heavy atom. The molecule has 0 saturated carbocycles. The Morgan fingerprint density at radius 1 is 1.56 bits per heavy atom. The lowest BCUT2D eigenvalue weighted by molar-refractivity contribution is -0.385. The Morgan fingerprint density at radius 2 is 2.25 bits per heavy atom. The first-order chi connectivity index (χ1) is 7.60. The van der Waals surface area contributed by atoms with Gasteiger partial charge in [-0.25, -0.2) is 4.79 Å². The first-order valence-corrected chi connectivity index (χ1v) is 4.66. The van der Waals surface area contributed by atoms with Crippen molar-refractivity contribution < 1.29 is 14.5 Å². The molecule has 82 valence electrons. The number of carbonyl (C=O) groups excluding carboxylic acids is 1. The van der Waals surface area contributed by atoms with E-state index in [0.717, 1.165) is 5.56 Å². The van der Waals surface area contributed by atoms with Crippen LogP contribution in [0.2, 0.25) is 6.32 Å². The van der Waals surface area contributed by atoms with Gasteiger partial charge in [0, 0.05) is 6.07 Å². The van der Waals surface area contributed by atoms with Crippen LogP contribution in [0.5, 0.6) is 0 Å². The van der Waals surface area contributed by atoms with E-state index in [1.807, 2.05) is 0 Å². The van der Waals surface area contributed by atoms with Gasteiger partial charge < -0.3 is 4.74 Å². The van der Waals surface area contributed by atoms with E-state index in [0.29, 0.717) is 12.7 Å². The molecule has 0 unspecified atom stereocenters. The summed E-state index contributed by atoms with van der Waals surface area (Å²) in [5.74, 6) is -0.717. The van der Waals surface area contributed by atoms with Crippen molar-refractivity contribution in [2.24, 2.45) is 0 Å². The molecule has 0 aromatic heterocycles. The Bertz CT molecular complexity index is 419. The molecular formula is C10H10BNO4. The zero-order valence-electron chi connectivity index (χ0n) is 8.80. The molecular weight excluding hydrogens is 209 g/mol. The lowest BCUT2D eigenvalue weighted by Gasteiger charge is -2.03. The molecule has 1 aromatic rings. The highest BCUT2D eigenvalue weighted by molar-refractivity contribution is 6.08. The van der Waals surface area contributed by atoms with Crippen LogP contribution in [0, 0.1) is 10.1 Å². The van der Waals surface area contributed by atoms with Crippen molar-refractivity contribution in [1.29, 1.82) is 0 Å². The Balaban J connectivity index is 3.19. The molecule has 0 N–H and O–H groups in total. The average molecular weight is 219 g/mol. The zero-order chi connectivity index (χ0) is 12.1. The predicted molar refractivity (Wildman–Crippen MR) is 58.7 cm³/mol. The van der Waals surface area contributed by atoms with E-state index in [4.69, 9.17) is 7.85 Å². The summed E-state index contributed by atoms with van der Waals surface area (Å²) < 4.78 is 4.46. The van der Waals surface area contributed by atoms with Crippen LogP contribution in [0.1, 0.15) is 15.9 Å². The maximum atomic E-state index is 11.3. The lowest BCUT2D eigenvalue weighted by Crippen LogP contribution is -2.06. The smallest absolute Gasteiger partial charge is 0.344 e. The Hall–Kier alpha value is -1.85. The van der Waals surface area contributed by atoms with Crippen molar-refractivity contribution >= 4 is 19.5 Å². The number of hydrogen-bond acceptors (Lipinski definition) is 4. The number of hydrogen-bond donors (Lipinski definition) is 0. The molecule has 0 spiro atoms. The number of ether oxygens (including phenoxy) is 1. The molecule has 0 amide bonds. The van der Waals surface area contributed by atoms with Crippen LogP contribution in [-0.2, 0) is 11.2 Å². The van der Waals surface area contributed by atoms with Gasteiger partial charge in [-0.2, -0.15) is 0 Å². The van der Waals surface area contributed by atoms with Crippen LogP contribution >= 0.6 is 0 Å². The van der Waals surface area contributed by atoms with Crippen molar-refractivity contribution in [2.45, 2.75) is 12.7 Å². The SMILES string of the molecule is [B]CCc1ccc(C(=O)OC)c([N+](=O)[O-])c1. The molecule has 2 radical (unpaired) electrons. The minimum atomic E-state index is -0.717. The Labute approximate surface area is 94.0 Å². The number of nitrogens with zero attached hydrogens (tertiary/aromatic N) is 1. The van der Waals surface area contributed by atoms with E-state index in [2.05, 4.69) is 4.74 Å². The fourth-order valence-electron chi connectivity index (χ4n) is 1.33. The predicted octanol–water partition coefficient (Wildman–Crippen LogP) is 1.51. The van der Waals surface area contributed by atoms with E-state index in [-0.39, 0.29) is 11.3 Å². The lowest BCUT2D eigenvalue weighted by atomic mass is 9.96. The third kappa shape index (κ3) is 2.59. The monoisotopic (exact) mass is 219 g/mol. The molecule has 0 aliphatic carbocycles. The fraction of sp³-hybridized carbons (Fsp3) is 0.300. The quantitative estimate of drug-likeness (QED) is 0.333. The normalized spacial score (nSPS) is 9.81. The highest BCUT2D eigenvalue weighted by Gasteiger charge is 2.20. The van der Waals surface area contributed by atoms with E-state index < -0.39 is 10.9 Å². The summed E-state index contributed by atoms with van der Waals surface area (Å²) in [6.07, 6.45) is 0.928. The molecule has 0 bridgehead atoms. The molecule has 0 aliphatic heterocycles. The van der Waals surface area contributed by atoms with Crippen LogP contribution in [0.4, 0.5) is 5.69 Å². The van der Waals surface area contributed by atoms with Gasteiger partial charge >= 0.3 is 5.97 Å². The molecule has 0 atom stereocenters. The van der Waals surface area contributed by atoms with E-state index >= 15 is 0 Å². The number of carbonyl (C=O) groups is 1. The second-order valence-electron chi connectivity index (χ2n) is 3.14. The highest BCUT2D eigenvalue weighted by atomic mass is 16.6. The molecule has 0 aliphatic rings. The van der Waals surface area contributed by atoms with Crippen molar-refractivity contribution in [2.75, 3.05) is 7.11 Å². The van der Waals surface area contributed by atoms with Gasteiger partial charge in [0.1, 0.15) is 5.56 Å².